The van der Waals surface area contributed by atoms with E-state index in [2.05, 4.69) is 43.3 Å². The summed E-state index contributed by atoms with van der Waals surface area (Å²) < 4.78 is 1.86. The van der Waals surface area contributed by atoms with E-state index in [9.17, 15) is 0 Å². The van der Waals surface area contributed by atoms with E-state index < -0.39 is 0 Å². The fraction of sp³-hybridized carbons (Fsp3) is 0.286. The second-order valence-electron chi connectivity index (χ2n) is 7.33. The van der Waals surface area contributed by atoms with Gasteiger partial charge in [0.1, 0.15) is 11.5 Å². The second kappa shape index (κ2) is 7.21. The summed E-state index contributed by atoms with van der Waals surface area (Å²) in [6.45, 7) is 7.00. The molecule has 1 aliphatic rings. The highest BCUT2D eigenvalue weighted by atomic mass is 15.3. The molecule has 146 valence electrons. The molecular weight excluding hydrogens is 364 g/mol. The number of anilines is 1. The largest absolute Gasteiger partial charge is 0.351 e. The summed E-state index contributed by atoms with van der Waals surface area (Å²) in [5.74, 6) is 1.76. The molecule has 0 aliphatic carbocycles. The first kappa shape index (κ1) is 17.7. The number of hydrogen-bond donors (Lipinski definition) is 1. The van der Waals surface area contributed by atoms with Gasteiger partial charge in [0.15, 0.2) is 5.82 Å². The van der Waals surface area contributed by atoms with E-state index in [1.165, 1.54) is 0 Å². The zero-order valence-corrected chi connectivity index (χ0v) is 16.4. The average Bonchev–Trinajstić information content (AvgIpc) is 3.17. The first-order chi connectivity index (χ1) is 14.2. The van der Waals surface area contributed by atoms with Crippen LogP contribution in [0, 0.1) is 6.92 Å². The third-order valence-electron chi connectivity index (χ3n) is 5.20. The fourth-order valence-electron chi connectivity index (χ4n) is 3.70. The van der Waals surface area contributed by atoms with Crippen molar-refractivity contribution in [2.75, 3.05) is 24.5 Å². The Labute approximate surface area is 168 Å². The molecule has 0 spiro atoms. The summed E-state index contributed by atoms with van der Waals surface area (Å²) >= 11 is 0. The van der Waals surface area contributed by atoms with Crippen molar-refractivity contribution in [2.24, 2.45) is 0 Å². The molecule has 5 heterocycles. The summed E-state index contributed by atoms with van der Waals surface area (Å²) in [6.07, 6.45) is 7.10. The highest BCUT2D eigenvalue weighted by molar-refractivity contribution is 5.82. The summed E-state index contributed by atoms with van der Waals surface area (Å²) in [6, 6.07) is 8.47. The first-order valence-electron chi connectivity index (χ1n) is 9.76. The van der Waals surface area contributed by atoms with Crippen LogP contribution in [-0.4, -0.2) is 55.4 Å². The van der Waals surface area contributed by atoms with Crippen LogP contribution in [0.4, 0.5) is 5.82 Å². The van der Waals surface area contributed by atoms with Gasteiger partial charge in [-0.15, -0.1) is 0 Å². The van der Waals surface area contributed by atoms with Crippen LogP contribution in [0.5, 0.6) is 0 Å². The second-order valence-corrected chi connectivity index (χ2v) is 7.33. The Kier molecular flexibility index (Phi) is 4.40. The van der Waals surface area contributed by atoms with Crippen molar-refractivity contribution in [1.82, 2.24) is 35.0 Å². The molecule has 4 aromatic rings. The maximum Gasteiger partial charge on any atom is 0.156 e. The van der Waals surface area contributed by atoms with Gasteiger partial charge in [-0.1, -0.05) is 6.07 Å². The fourth-order valence-corrected chi connectivity index (χ4v) is 3.70. The number of hydrogen-bond acceptors (Lipinski definition) is 7. The highest BCUT2D eigenvalue weighted by Crippen LogP contribution is 2.24. The average molecular weight is 386 g/mol. The van der Waals surface area contributed by atoms with Crippen molar-refractivity contribution in [2.45, 2.75) is 19.9 Å². The van der Waals surface area contributed by atoms with Crippen molar-refractivity contribution < 1.29 is 0 Å². The Morgan fingerprint density at radius 1 is 1.03 bits per heavy atom. The number of pyridine rings is 2. The van der Waals surface area contributed by atoms with Crippen molar-refractivity contribution >= 4 is 16.7 Å². The Morgan fingerprint density at radius 3 is 2.79 bits per heavy atom. The number of piperazine rings is 1. The van der Waals surface area contributed by atoms with Crippen LogP contribution in [0.15, 0.2) is 49.1 Å². The Balaban J connectivity index is 1.57. The van der Waals surface area contributed by atoms with Gasteiger partial charge < -0.3 is 10.2 Å². The van der Waals surface area contributed by atoms with Gasteiger partial charge in [-0.05, 0) is 32.0 Å². The highest BCUT2D eigenvalue weighted by Gasteiger charge is 2.20. The number of rotatable bonds is 3. The van der Waals surface area contributed by atoms with Crippen LogP contribution in [0.25, 0.3) is 28.1 Å². The third kappa shape index (κ3) is 3.31. The maximum absolute atomic E-state index is 4.91. The van der Waals surface area contributed by atoms with Crippen LogP contribution in [0.2, 0.25) is 0 Å². The molecule has 5 rings (SSSR count). The lowest BCUT2D eigenvalue weighted by Crippen LogP contribution is -2.50. The van der Waals surface area contributed by atoms with E-state index in [1.54, 1.807) is 12.4 Å². The number of fused-ring (bicyclic) bond motifs is 1. The van der Waals surface area contributed by atoms with E-state index in [0.717, 1.165) is 59.3 Å². The zero-order chi connectivity index (χ0) is 19.8. The molecule has 0 saturated carbocycles. The standard InChI is InChI=1S/C21H22N8/c1-14-9-23-13-18(26-14)17-8-19-16(11-24-17)12-25-29(19)21-5-3-4-20(27-21)28-7-6-22-10-15(28)2/h3-5,8-9,11-13,15,22H,6-7,10H2,1-2H3/t15-/m1/s1. The van der Waals surface area contributed by atoms with Crippen LogP contribution < -0.4 is 10.2 Å². The molecule has 1 aliphatic heterocycles. The Hall–Kier alpha value is -3.39. The molecule has 0 unspecified atom stereocenters. The lowest BCUT2D eigenvalue weighted by Gasteiger charge is -2.35. The van der Waals surface area contributed by atoms with Gasteiger partial charge in [0.05, 0.1) is 29.3 Å². The topological polar surface area (TPSA) is 84.7 Å². The van der Waals surface area contributed by atoms with Crippen LogP contribution in [-0.2, 0) is 0 Å². The zero-order valence-electron chi connectivity index (χ0n) is 16.4. The molecule has 1 atom stereocenters. The summed E-state index contributed by atoms with van der Waals surface area (Å²) in [4.78, 5) is 20.5. The minimum absolute atomic E-state index is 0.400. The minimum Gasteiger partial charge on any atom is -0.351 e. The van der Waals surface area contributed by atoms with Gasteiger partial charge in [-0.3, -0.25) is 9.97 Å². The first-order valence-corrected chi connectivity index (χ1v) is 9.76. The molecule has 1 fully saturated rings. The minimum atomic E-state index is 0.400. The smallest absolute Gasteiger partial charge is 0.156 e. The maximum atomic E-state index is 4.91. The number of aryl methyl sites for hydroxylation is 1. The van der Waals surface area contributed by atoms with Crippen molar-refractivity contribution in [1.29, 1.82) is 0 Å². The predicted molar refractivity (Wildman–Crippen MR) is 112 cm³/mol. The summed E-state index contributed by atoms with van der Waals surface area (Å²) in [5, 5.41) is 8.95. The van der Waals surface area contributed by atoms with Crippen LogP contribution >= 0.6 is 0 Å². The van der Waals surface area contributed by atoms with E-state index in [-0.39, 0.29) is 0 Å². The van der Waals surface area contributed by atoms with Crippen molar-refractivity contribution in [3.05, 3.63) is 54.7 Å². The molecule has 0 aromatic carbocycles. The SMILES string of the molecule is Cc1cncc(-c2cc3c(cn2)cnn3-c2cccc(N3CCNC[C@H]3C)n2)n1. The molecule has 1 N–H and O–H groups in total. The van der Waals surface area contributed by atoms with E-state index in [1.807, 2.05) is 42.2 Å². The van der Waals surface area contributed by atoms with Crippen LogP contribution in [0.1, 0.15) is 12.6 Å². The van der Waals surface area contributed by atoms with Gasteiger partial charge in [-0.2, -0.15) is 5.10 Å². The summed E-state index contributed by atoms with van der Waals surface area (Å²) in [5.41, 5.74) is 3.31. The van der Waals surface area contributed by atoms with E-state index >= 15 is 0 Å². The van der Waals surface area contributed by atoms with Gasteiger partial charge in [-0.25, -0.2) is 14.6 Å². The lowest BCUT2D eigenvalue weighted by molar-refractivity contribution is 0.497. The van der Waals surface area contributed by atoms with E-state index in [0.29, 0.717) is 6.04 Å². The molecule has 0 radical (unpaired) electrons. The van der Waals surface area contributed by atoms with E-state index in [4.69, 9.17) is 4.98 Å². The Morgan fingerprint density at radius 2 is 1.93 bits per heavy atom. The normalized spacial score (nSPS) is 17.0. The predicted octanol–water partition coefficient (Wildman–Crippen LogP) is 2.38. The quantitative estimate of drug-likeness (QED) is 0.579. The molecule has 4 aromatic heterocycles. The monoisotopic (exact) mass is 386 g/mol. The molecule has 0 bridgehead atoms. The molecule has 29 heavy (non-hydrogen) atoms. The van der Waals surface area contributed by atoms with Gasteiger partial charge in [0.25, 0.3) is 0 Å². The Bertz CT molecular complexity index is 1170. The number of nitrogens with one attached hydrogen (secondary N) is 1. The lowest BCUT2D eigenvalue weighted by atomic mass is 10.2. The third-order valence-corrected chi connectivity index (χ3v) is 5.20. The van der Waals surface area contributed by atoms with Crippen LogP contribution in [0.3, 0.4) is 0 Å². The number of nitrogens with zero attached hydrogens (tertiary/aromatic N) is 7. The van der Waals surface area contributed by atoms with Crippen molar-refractivity contribution in [3.63, 3.8) is 0 Å². The molecule has 0 amide bonds. The van der Waals surface area contributed by atoms with Gasteiger partial charge in [0, 0.05) is 43.5 Å². The van der Waals surface area contributed by atoms with Gasteiger partial charge in [0.2, 0.25) is 0 Å². The molecule has 8 nitrogen and oxygen atoms in total. The molecule has 8 heteroatoms. The van der Waals surface area contributed by atoms with Crippen molar-refractivity contribution in [3.8, 4) is 17.2 Å². The number of aromatic nitrogens is 6. The molecular formula is C21H22N8. The van der Waals surface area contributed by atoms with Gasteiger partial charge >= 0.3 is 0 Å². The molecule has 1 saturated heterocycles. The summed E-state index contributed by atoms with van der Waals surface area (Å²) in [7, 11) is 0.